The van der Waals surface area contributed by atoms with E-state index in [0.717, 1.165) is 43.5 Å². The summed E-state index contributed by atoms with van der Waals surface area (Å²) in [4.78, 5) is 0. The van der Waals surface area contributed by atoms with Crippen LogP contribution in [0.4, 0.5) is 0 Å². The molecular weight excluding hydrogens is 520 g/mol. The van der Waals surface area contributed by atoms with Gasteiger partial charge in [0, 0.05) is 21.8 Å². The third-order valence-corrected chi connectivity index (χ3v) is 6.73. The number of benzene rings is 3. The lowest BCUT2D eigenvalue weighted by atomic mass is 9.97. The average molecular weight is 545 g/mol. The Balaban J connectivity index is 1.76. The lowest BCUT2D eigenvalue weighted by Gasteiger charge is -2.30. The first-order chi connectivity index (χ1) is 15.0. The van der Waals surface area contributed by atoms with Gasteiger partial charge in [-0.1, -0.05) is 47.1 Å². The summed E-state index contributed by atoms with van der Waals surface area (Å²) in [6.45, 7) is 2.16. The number of methoxy groups -OCH3 is 1. The minimum Gasteiger partial charge on any atom is -0.507 e. The van der Waals surface area contributed by atoms with Crippen molar-refractivity contribution in [1.82, 2.24) is 5.32 Å². The van der Waals surface area contributed by atoms with Crippen molar-refractivity contribution in [1.29, 1.82) is 0 Å². The Morgan fingerprint density at radius 1 is 1.03 bits per heavy atom. The standard InChI is InChI=1S/C25H24Br2N2O2/c1-3-15-4-6-16(7-5-15)21-14-22(19-13-18(26)9-10-23(19)30)29-25(28-21)17-8-11-24(31-2)20(27)12-17/h4-14,22,25,28-30H,3H2,1-2H3/p+1. The Labute approximate surface area is 199 Å². The summed E-state index contributed by atoms with van der Waals surface area (Å²) in [5.41, 5.74) is 5.47. The highest BCUT2D eigenvalue weighted by Crippen LogP contribution is 2.33. The van der Waals surface area contributed by atoms with Crippen molar-refractivity contribution in [3.8, 4) is 11.5 Å². The molecule has 0 spiro atoms. The summed E-state index contributed by atoms with van der Waals surface area (Å²) in [5.74, 6) is 1.09. The normalized spacial score (nSPS) is 18.3. The number of quaternary nitrogens is 1. The second-order valence-corrected chi connectivity index (χ2v) is 9.34. The lowest BCUT2D eigenvalue weighted by Crippen LogP contribution is -2.89. The van der Waals surface area contributed by atoms with Crippen LogP contribution in [0.1, 0.15) is 41.4 Å². The van der Waals surface area contributed by atoms with Crippen LogP contribution in [-0.2, 0) is 6.42 Å². The third-order valence-electron chi connectivity index (χ3n) is 5.61. The van der Waals surface area contributed by atoms with Gasteiger partial charge in [-0.3, -0.25) is 0 Å². The number of hydrogen-bond donors (Lipinski definition) is 3. The molecule has 1 aliphatic heterocycles. The molecule has 1 aliphatic rings. The van der Waals surface area contributed by atoms with E-state index >= 15 is 0 Å². The summed E-state index contributed by atoms with van der Waals surface area (Å²) in [6, 6.07) is 20.3. The van der Waals surface area contributed by atoms with E-state index in [4.69, 9.17) is 4.74 Å². The zero-order chi connectivity index (χ0) is 22.0. The fourth-order valence-corrected chi connectivity index (χ4v) is 4.80. The van der Waals surface area contributed by atoms with Gasteiger partial charge in [0.2, 0.25) is 0 Å². The van der Waals surface area contributed by atoms with Gasteiger partial charge < -0.3 is 20.5 Å². The van der Waals surface area contributed by atoms with Gasteiger partial charge in [-0.2, -0.15) is 0 Å². The number of rotatable bonds is 5. The van der Waals surface area contributed by atoms with Gasteiger partial charge in [0.1, 0.15) is 17.5 Å². The molecule has 0 aromatic heterocycles. The summed E-state index contributed by atoms with van der Waals surface area (Å²) in [5, 5.41) is 16.5. The third kappa shape index (κ3) is 4.81. The van der Waals surface area contributed by atoms with Crippen molar-refractivity contribution in [2.45, 2.75) is 25.6 Å². The van der Waals surface area contributed by atoms with Crippen LogP contribution in [0.2, 0.25) is 0 Å². The quantitative estimate of drug-likeness (QED) is 0.401. The minimum atomic E-state index is -0.0505. The van der Waals surface area contributed by atoms with Crippen LogP contribution >= 0.6 is 31.9 Å². The van der Waals surface area contributed by atoms with E-state index < -0.39 is 0 Å². The lowest BCUT2D eigenvalue weighted by molar-refractivity contribution is -0.731. The molecule has 4 N–H and O–H groups in total. The molecule has 3 aromatic rings. The molecule has 2 unspecified atom stereocenters. The minimum absolute atomic E-state index is 0.0311. The molecule has 6 heteroatoms. The van der Waals surface area contributed by atoms with Crippen molar-refractivity contribution < 1.29 is 15.2 Å². The first-order valence-electron chi connectivity index (χ1n) is 10.2. The monoisotopic (exact) mass is 543 g/mol. The molecule has 0 radical (unpaired) electrons. The molecule has 2 atom stereocenters. The number of phenolic OH excluding ortho intramolecular Hbond substituents is 1. The molecule has 3 aromatic carbocycles. The predicted molar refractivity (Wildman–Crippen MR) is 131 cm³/mol. The Morgan fingerprint density at radius 3 is 2.48 bits per heavy atom. The van der Waals surface area contributed by atoms with Gasteiger partial charge >= 0.3 is 0 Å². The van der Waals surface area contributed by atoms with Crippen LogP contribution in [-0.4, -0.2) is 12.2 Å². The highest BCUT2D eigenvalue weighted by Gasteiger charge is 2.30. The Morgan fingerprint density at radius 2 is 1.81 bits per heavy atom. The van der Waals surface area contributed by atoms with Crippen molar-refractivity contribution in [2.24, 2.45) is 0 Å². The fraction of sp³-hybridized carbons (Fsp3) is 0.200. The van der Waals surface area contributed by atoms with E-state index in [9.17, 15) is 5.11 Å². The van der Waals surface area contributed by atoms with Crippen LogP contribution in [0, 0.1) is 0 Å². The number of halogens is 2. The van der Waals surface area contributed by atoms with E-state index in [1.54, 1.807) is 13.2 Å². The van der Waals surface area contributed by atoms with Gasteiger partial charge in [-0.15, -0.1) is 0 Å². The van der Waals surface area contributed by atoms with Gasteiger partial charge in [-0.05, 0) is 69.9 Å². The van der Waals surface area contributed by atoms with Crippen LogP contribution < -0.4 is 15.4 Å². The molecule has 31 heavy (non-hydrogen) atoms. The number of nitrogens with one attached hydrogen (secondary N) is 1. The molecule has 0 saturated heterocycles. The summed E-state index contributed by atoms with van der Waals surface area (Å²) >= 11 is 7.15. The maximum Gasteiger partial charge on any atom is 0.186 e. The largest absolute Gasteiger partial charge is 0.507 e. The van der Waals surface area contributed by atoms with E-state index in [0.29, 0.717) is 0 Å². The maximum atomic E-state index is 10.6. The molecule has 0 aliphatic carbocycles. The van der Waals surface area contributed by atoms with Gasteiger partial charge in [0.25, 0.3) is 0 Å². The topological polar surface area (TPSA) is 58.1 Å². The SMILES string of the molecule is CCc1ccc(C2=CC(c3cc(Br)ccc3O)[NH2+]C(c3ccc(OC)c(Br)c3)N2)cc1. The van der Waals surface area contributed by atoms with Crippen molar-refractivity contribution in [3.63, 3.8) is 0 Å². The molecule has 0 saturated carbocycles. The number of aryl methyl sites for hydroxylation is 1. The highest BCUT2D eigenvalue weighted by molar-refractivity contribution is 9.10. The maximum absolute atomic E-state index is 10.6. The van der Waals surface area contributed by atoms with Crippen LogP contribution in [0.25, 0.3) is 5.70 Å². The summed E-state index contributed by atoms with van der Waals surface area (Å²) < 4.78 is 7.24. The molecule has 4 rings (SSSR count). The molecule has 1 heterocycles. The van der Waals surface area contributed by atoms with Gasteiger partial charge in [0.05, 0.1) is 17.1 Å². The molecule has 160 valence electrons. The smallest absolute Gasteiger partial charge is 0.186 e. The first kappa shape index (κ1) is 21.9. The predicted octanol–water partition coefficient (Wildman–Crippen LogP) is 5.44. The first-order valence-corrected chi connectivity index (χ1v) is 11.8. The Hall–Kier alpha value is -2.28. The Kier molecular flexibility index (Phi) is 6.70. The van der Waals surface area contributed by atoms with Crippen molar-refractivity contribution in [3.05, 3.63) is 97.9 Å². The highest BCUT2D eigenvalue weighted by atomic mass is 79.9. The molecule has 0 fully saturated rings. The van der Waals surface area contributed by atoms with E-state index in [1.165, 1.54) is 5.56 Å². The summed E-state index contributed by atoms with van der Waals surface area (Å²) in [7, 11) is 1.66. The fourth-order valence-electron chi connectivity index (χ4n) is 3.86. The molecule has 0 amide bonds. The molecule has 0 bridgehead atoms. The van der Waals surface area contributed by atoms with Gasteiger partial charge in [0.15, 0.2) is 6.17 Å². The number of hydrogen-bond acceptors (Lipinski definition) is 3. The van der Waals surface area contributed by atoms with E-state index in [1.807, 2.05) is 18.2 Å². The van der Waals surface area contributed by atoms with Crippen LogP contribution in [0.3, 0.4) is 0 Å². The second-order valence-electron chi connectivity index (χ2n) is 7.57. The second kappa shape index (κ2) is 9.47. The Bertz CT molecular complexity index is 1110. The van der Waals surface area contributed by atoms with Crippen LogP contribution in [0.5, 0.6) is 11.5 Å². The summed E-state index contributed by atoms with van der Waals surface area (Å²) in [6.07, 6.45) is 3.16. The number of ether oxygens (including phenoxy) is 1. The molecule has 4 nitrogen and oxygen atoms in total. The van der Waals surface area contributed by atoms with Crippen LogP contribution in [0.15, 0.2) is 75.7 Å². The number of aromatic hydroxyl groups is 1. The molecular formula is C25H25Br2N2O2+. The number of phenols is 1. The average Bonchev–Trinajstić information content (AvgIpc) is 2.80. The number of nitrogens with two attached hydrogens (primary N) is 1. The van der Waals surface area contributed by atoms with Crippen molar-refractivity contribution in [2.75, 3.05) is 7.11 Å². The van der Waals surface area contributed by atoms with E-state index in [-0.39, 0.29) is 18.0 Å². The zero-order valence-corrected chi connectivity index (χ0v) is 20.6. The zero-order valence-electron chi connectivity index (χ0n) is 17.4. The van der Waals surface area contributed by atoms with Gasteiger partial charge in [-0.25, -0.2) is 0 Å². The van der Waals surface area contributed by atoms with Crippen molar-refractivity contribution >= 4 is 37.6 Å². The van der Waals surface area contributed by atoms with E-state index in [2.05, 4.69) is 91.9 Å².